The smallest absolute Gasteiger partial charge is 0.253 e. The van der Waals surface area contributed by atoms with Crippen molar-refractivity contribution in [3.8, 4) is 0 Å². The van der Waals surface area contributed by atoms with Crippen molar-refractivity contribution < 1.29 is 14.3 Å². The van der Waals surface area contributed by atoms with Crippen molar-refractivity contribution in [3.05, 3.63) is 29.6 Å². The highest BCUT2D eigenvalue weighted by Crippen LogP contribution is 2.13. The van der Waals surface area contributed by atoms with Crippen LogP contribution in [-0.2, 0) is 0 Å². The quantitative estimate of drug-likeness (QED) is 0.516. The molecule has 0 aromatic heterocycles. The molecule has 0 fully saturated rings. The highest BCUT2D eigenvalue weighted by molar-refractivity contribution is 7.99. The molecule has 1 aromatic carbocycles. The molecule has 0 saturated heterocycles. The minimum Gasteiger partial charge on any atom is -0.398 e. The summed E-state index contributed by atoms with van der Waals surface area (Å²) in [5, 5.41) is 11.3. The van der Waals surface area contributed by atoms with Crippen LogP contribution >= 0.6 is 11.8 Å². The average molecular weight is 272 g/mol. The third kappa shape index (κ3) is 4.93. The van der Waals surface area contributed by atoms with Crippen molar-refractivity contribution in [2.45, 2.75) is 6.42 Å². The molecule has 100 valence electrons. The molecule has 1 aromatic rings. The molecule has 18 heavy (non-hydrogen) atoms. The van der Waals surface area contributed by atoms with Gasteiger partial charge in [-0.2, -0.15) is 11.8 Å². The minimum absolute atomic E-state index is 0.162. The van der Waals surface area contributed by atoms with Crippen molar-refractivity contribution in [2.24, 2.45) is 0 Å². The van der Waals surface area contributed by atoms with E-state index in [-0.39, 0.29) is 23.8 Å². The molecular formula is C12H17FN2O2S. The highest BCUT2D eigenvalue weighted by atomic mass is 32.2. The Labute approximate surface area is 110 Å². The normalized spacial score (nSPS) is 10.3. The number of thioether (sulfide) groups is 1. The molecule has 0 atom stereocenters. The predicted octanol–water partition coefficient (Wildman–Crippen LogP) is 1.25. The van der Waals surface area contributed by atoms with Crippen LogP contribution in [0.1, 0.15) is 16.8 Å². The summed E-state index contributed by atoms with van der Waals surface area (Å²) in [5.41, 5.74) is 6.03. The molecule has 6 heteroatoms. The lowest BCUT2D eigenvalue weighted by Crippen LogP contribution is -2.26. The zero-order valence-electron chi connectivity index (χ0n) is 9.99. The van der Waals surface area contributed by atoms with Gasteiger partial charge >= 0.3 is 0 Å². The van der Waals surface area contributed by atoms with Gasteiger partial charge in [-0.25, -0.2) is 4.39 Å². The molecule has 1 rings (SSSR count). The Balaban J connectivity index is 2.34. The number of amides is 1. The standard InChI is InChI=1S/C12H17FN2O2S/c13-9-2-3-11(14)10(8-9)12(17)15-4-7-18-6-1-5-16/h2-3,8,16H,1,4-7,14H2,(H,15,17). The first kappa shape index (κ1) is 14.8. The van der Waals surface area contributed by atoms with Crippen LogP contribution in [0.4, 0.5) is 10.1 Å². The molecule has 0 radical (unpaired) electrons. The first-order valence-corrected chi connectivity index (χ1v) is 6.82. The lowest BCUT2D eigenvalue weighted by atomic mass is 10.1. The van der Waals surface area contributed by atoms with Crippen molar-refractivity contribution >= 4 is 23.4 Å². The van der Waals surface area contributed by atoms with Crippen LogP contribution in [0.25, 0.3) is 0 Å². The third-order valence-corrected chi connectivity index (χ3v) is 3.31. The van der Waals surface area contributed by atoms with E-state index in [1.54, 1.807) is 11.8 Å². The Kier molecular flexibility index (Phi) is 6.53. The van der Waals surface area contributed by atoms with Crippen LogP contribution in [-0.4, -0.2) is 35.7 Å². The van der Waals surface area contributed by atoms with Crippen molar-refractivity contribution in [2.75, 3.05) is 30.4 Å². The number of anilines is 1. The number of aliphatic hydroxyl groups excluding tert-OH is 1. The summed E-state index contributed by atoms with van der Waals surface area (Å²) in [6, 6.07) is 3.72. The predicted molar refractivity (Wildman–Crippen MR) is 72.2 cm³/mol. The molecule has 4 N–H and O–H groups in total. The molecule has 0 aliphatic heterocycles. The van der Waals surface area contributed by atoms with Crippen LogP contribution in [0.15, 0.2) is 18.2 Å². The fourth-order valence-corrected chi connectivity index (χ4v) is 2.11. The van der Waals surface area contributed by atoms with Crippen LogP contribution in [0, 0.1) is 5.82 Å². The fraction of sp³-hybridized carbons (Fsp3) is 0.417. The number of benzene rings is 1. The van der Waals surface area contributed by atoms with Gasteiger partial charge < -0.3 is 16.2 Å². The average Bonchev–Trinajstić information content (AvgIpc) is 2.36. The Bertz CT molecular complexity index is 402. The maximum atomic E-state index is 13.0. The van der Waals surface area contributed by atoms with Gasteiger partial charge in [0.2, 0.25) is 0 Å². The maximum Gasteiger partial charge on any atom is 0.253 e. The summed E-state index contributed by atoms with van der Waals surface area (Å²) in [7, 11) is 0. The van der Waals surface area contributed by atoms with Gasteiger partial charge in [-0.1, -0.05) is 0 Å². The number of carbonyl (C=O) groups excluding carboxylic acids is 1. The van der Waals surface area contributed by atoms with E-state index in [0.717, 1.165) is 24.0 Å². The minimum atomic E-state index is -0.480. The molecule has 1 amide bonds. The highest BCUT2D eigenvalue weighted by Gasteiger charge is 2.09. The van der Waals surface area contributed by atoms with Crippen LogP contribution < -0.4 is 11.1 Å². The maximum absolute atomic E-state index is 13.0. The summed E-state index contributed by atoms with van der Waals surface area (Å²) in [6.45, 7) is 0.671. The van der Waals surface area contributed by atoms with E-state index in [4.69, 9.17) is 10.8 Å². The van der Waals surface area contributed by atoms with E-state index in [0.29, 0.717) is 6.54 Å². The number of hydrogen-bond acceptors (Lipinski definition) is 4. The zero-order chi connectivity index (χ0) is 13.4. The van der Waals surface area contributed by atoms with Crippen molar-refractivity contribution in [1.29, 1.82) is 0 Å². The van der Waals surface area contributed by atoms with Gasteiger partial charge in [0.15, 0.2) is 0 Å². The summed E-state index contributed by atoms with van der Waals surface area (Å²) < 4.78 is 13.0. The van der Waals surface area contributed by atoms with E-state index in [9.17, 15) is 9.18 Å². The molecule has 0 aliphatic carbocycles. The summed E-state index contributed by atoms with van der Waals surface area (Å²) in [4.78, 5) is 11.7. The van der Waals surface area contributed by atoms with Gasteiger partial charge in [0.25, 0.3) is 5.91 Å². The van der Waals surface area contributed by atoms with Crippen LogP contribution in [0.2, 0.25) is 0 Å². The largest absolute Gasteiger partial charge is 0.398 e. The van der Waals surface area contributed by atoms with Crippen molar-refractivity contribution in [1.82, 2.24) is 5.32 Å². The van der Waals surface area contributed by atoms with E-state index < -0.39 is 5.82 Å². The van der Waals surface area contributed by atoms with Gasteiger partial charge in [-0.05, 0) is 30.4 Å². The van der Waals surface area contributed by atoms with Gasteiger partial charge in [0, 0.05) is 24.6 Å². The second-order valence-corrected chi connectivity index (χ2v) is 4.90. The third-order valence-electron chi connectivity index (χ3n) is 2.24. The molecule has 0 unspecified atom stereocenters. The molecule has 0 aliphatic rings. The molecule has 0 saturated carbocycles. The number of rotatable bonds is 7. The Morgan fingerprint density at radius 2 is 2.22 bits per heavy atom. The first-order chi connectivity index (χ1) is 8.65. The van der Waals surface area contributed by atoms with E-state index in [2.05, 4.69) is 5.32 Å². The number of nitrogens with one attached hydrogen (secondary N) is 1. The monoisotopic (exact) mass is 272 g/mol. The van der Waals surface area contributed by atoms with Gasteiger partial charge in [0.1, 0.15) is 5.82 Å². The number of nitrogens with two attached hydrogens (primary N) is 1. The van der Waals surface area contributed by atoms with Crippen LogP contribution in [0.5, 0.6) is 0 Å². The van der Waals surface area contributed by atoms with E-state index >= 15 is 0 Å². The summed E-state index contributed by atoms with van der Waals surface area (Å²) in [6.07, 6.45) is 0.745. The SMILES string of the molecule is Nc1ccc(F)cc1C(=O)NCCSCCCO. The molecule has 0 spiro atoms. The van der Waals surface area contributed by atoms with Crippen molar-refractivity contribution in [3.63, 3.8) is 0 Å². The number of carbonyl (C=O) groups is 1. The number of halogens is 1. The molecule has 4 nitrogen and oxygen atoms in total. The first-order valence-electron chi connectivity index (χ1n) is 5.67. The second kappa shape index (κ2) is 7.94. The number of hydrogen-bond donors (Lipinski definition) is 3. The number of aliphatic hydroxyl groups is 1. The van der Waals surface area contributed by atoms with Crippen LogP contribution in [0.3, 0.4) is 0 Å². The summed E-state index contributed by atoms with van der Waals surface area (Å²) >= 11 is 1.64. The Hall–Kier alpha value is -1.27. The zero-order valence-corrected chi connectivity index (χ0v) is 10.8. The Morgan fingerprint density at radius 3 is 2.94 bits per heavy atom. The van der Waals surface area contributed by atoms with Gasteiger partial charge in [-0.15, -0.1) is 0 Å². The topological polar surface area (TPSA) is 75.4 Å². The lowest BCUT2D eigenvalue weighted by molar-refractivity contribution is 0.0956. The fourth-order valence-electron chi connectivity index (χ4n) is 1.33. The molecule has 0 heterocycles. The Morgan fingerprint density at radius 1 is 1.44 bits per heavy atom. The number of nitrogen functional groups attached to an aromatic ring is 1. The second-order valence-electron chi connectivity index (χ2n) is 3.68. The van der Waals surface area contributed by atoms with E-state index in [1.807, 2.05) is 0 Å². The van der Waals surface area contributed by atoms with Gasteiger partial charge in [0.05, 0.1) is 5.56 Å². The lowest BCUT2D eigenvalue weighted by Gasteiger charge is -2.07. The van der Waals surface area contributed by atoms with Gasteiger partial charge in [-0.3, -0.25) is 4.79 Å². The van der Waals surface area contributed by atoms with E-state index in [1.165, 1.54) is 12.1 Å². The summed E-state index contributed by atoms with van der Waals surface area (Å²) in [5.74, 6) is 0.761. The molecule has 0 bridgehead atoms. The molecular weight excluding hydrogens is 255 g/mol.